The molecule has 11 heteroatoms. The summed E-state index contributed by atoms with van der Waals surface area (Å²) in [5, 5.41) is 14.5. The predicted octanol–water partition coefficient (Wildman–Crippen LogP) is 1.79. The molecule has 1 saturated heterocycles. The molecule has 1 N–H and O–H groups in total. The summed E-state index contributed by atoms with van der Waals surface area (Å²) in [6.07, 6.45) is 4.24. The molecule has 1 aliphatic heterocycles. The Balaban J connectivity index is 1.66. The van der Waals surface area contributed by atoms with E-state index in [2.05, 4.69) is 10.1 Å². The van der Waals surface area contributed by atoms with E-state index in [1.54, 1.807) is 6.07 Å². The van der Waals surface area contributed by atoms with Crippen LogP contribution in [0.5, 0.6) is 5.75 Å². The van der Waals surface area contributed by atoms with E-state index in [4.69, 9.17) is 0 Å². The first-order chi connectivity index (χ1) is 13.7. The minimum atomic E-state index is -3.22. The third-order valence-corrected chi connectivity index (χ3v) is 6.34. The Morgan fingerprint density at radius 1 is 1.07 bits per heavy atom. The highest BCUT2D eigenvalue weighted by Gasteiger charge is 2.25. The normalized spacial score (nSPS) is 15.9. The standard InChI is InChI=1S/C18H19F2N5O3S/c1-11-7-13(17(20)18(26)16(11)19)25-14-10-21-15(8-12(14)9-22-25)23-3-5-24(6-4-23)29(2,27)28/h7-10,26H,3-6H2,1-2H3. The van der Waals surface area contributed by atoms with Crippen LogP contribution in [-0.2, 0) is 10.0 Å². The van der Waals surface area contributed by atoms with E-state index in [1.807, 2.05) is 4.90 Å². The van der Waals surface area contributed by atoms with Gasteiger partial charge in [0.1, 0.15) is 11.5 Å². The van der Waals surface area contributed by atoms with E-state index in [0.717, 1.165) is 0 Å². The molecule has 0 amide bonds. The molecule has 8 nitrogen and oxygen atoms in total. The number of piperazine rings is 1. The van der Waals surface area contributed by atoms with Gasteiger partial charge in [-0.3, -0.25) is 0 Å². The largest absolute Gasteiger partial charge is 0.503 e. The zero-order valence-corrected chi connectivity index (χ0v) is 16.6. The average molecular weight is 423 g/mol. The molecular formula is C18H19F2N5O3S. The molecule has 0 spiro atoms. The number of phenolic OH excluding ortho intramolecular Hbond substituents is 1. The number of aryl methyl sites for hydroxylation is 1. The van der Waals surface area contributed by atoms with Gasteiger partial charge in [0.15, 0.2) is 17.4 Å². The van der Waals surface area contributed by atoms with Gasteiger partial charge >= 0.3 is 0 Å². The quantitative estimate of drug-likeness (QED) is 0.691. The van der Waals surface area contributed by atoms with Gasteiger partial charge in [-0.05, 0) is 24.6 Å². The van der Waals surface area contributed by atoms with Gasteiger partial charge in [0, 0.05) is 31.6 Å². The summed E-state index contributed by atoms with van der Waals surface area (Å²) in [6.45, 7) is 3.17. The summed E-state index contributed by atoms with van der Waals surface area (Å²) in [5.74, 6) is -2.49. The lowest BCUT2D eigenvalue weighted by atomic mass is 10.2. The van der Waals surface area contributed by atoms with Gasteiger partial charge in [-0.15, -0.1) is 0 Å². The van der Waals surface area contributed by atoms with E-state index in [0.29, 0.717) is 42.9 Å². The number of pyridine rings is 1. The average Bonchev–Trinajstić information content (AvgIpc) is 3.11. The number of fused-ring (bicyclic) bond motifs is 1. The van der Waals surface area contributed by atoms with Crippen LogP contribution in [0.3, 0.4) is 0 Å². The summed E-state index contributed by atoms with van der Waals surface area (Å²) in [4.78, 5) is 6.37. The highest BCUT2D eigenvalue weighted by Crippen LogP contribution is 2.30. The van der Waals surface area contributed by atoms with Crippen LogP contribution in [0.1, 0.15) is 5.56 Å². The van der Waals surface area contributed by atoms with Crippen molar-refractivity contribution in [3.8, 4) is 11.4 Å². The maximum atomic E-state index is 14.4. The molecule has 0 aliphatic carbocycles. The predicted molar refractivity (Wildman–Crippen MR) is 104 cm³/mol. The van der Waals surface area contributed by atoms with Crippen molar-refractivity contribution in [2.45, 2.75) is 6.92 Å². The number of anilines is 1. The molecule has 4 rings (SSSR count). The first-order valence-corrected chi connectivity index (χ1v) is 10.7. The van der Waals surface area contributed by atoms with Gasteiger partial charge in [-0.1, -0.05) is 0 Å². The van der Waals surface area contributed by atoms with Crippen molar-refractivity contribution in [1.29, 1.82) is 0 Å². The summed E-state index contributed by atoms with van der Waals surface area (Å²) in [7, 11) is -3.22. The lowest BCUT2D eigenvalue weighted by molar-refractivity contribution is 0.387. The number of aromatic nitrogens is 3. The molecule has 0 radical (unpaired) electrons. The molecule has 3 aromatic rings. The fourth-order valence-corrected chi connectivity index (χ4v) is 4.25. The van der Waals surface area contributed by atoms with E-state index in [9.17, 15) is 22.3 Å². The lowest BCUT2D eigenvalue weighted by Gasteiger charge is -2.33. The fraction of sp³-hybridized carbons (Fsp3) is 0.333. The second-order valence-corrected chi connectivity index (χ2v) is 8.98. The van der Waals surface area contributed by atoms with Gasteiger partial charge in [0.2, 0.25) is 10.0 Å². The van der Waals surface area contributed by atoms with E-state index < -0.39 is 27.4 Å². The zero-order chi connectivity index (χ0) is 20.9. The molecule has 3 heterocycles. The highest BCUT2D eigenvalue weighted by molar-refractivity contribution is 7.88. The number of benzene rings is 1. The number of aromatic hydroxyl groups is 1. The van der Waals surface area contributed by atoms with Gasteiger partial charge < -0.3 is 10.0 Å². The summed E-state index contributed by atoms with van der Waals surface area (Å²) < 4.78 is 54.1. The number of nitrogens with zero attached hydrogens (tertiary/aromatic N) is 5. The smallest absolute Gasteiger partial charge is 0.211 e. The third-order valence-electron chi connectivity index (χ3n) is 5.04. The zero-order valence-electron chi connectivity index (χ0n) is 15.8. The van der Waals surface area contributed by atoms with Crippen LogP contribution >= 0.6 is 0 Å². The maximum Gasteiger partial charge on any atom is 0.211 e. The van der Waals surface area contributed by atoms with Crippen molar-refractivity contribution >= 4 is 26.7 Å². The summed E-state index contributed by atoms with van der Waals surface area (Å²) in [5.41, 5.74) is 0.511. The van der Waals surface area contributed by atoms with Crippen LogP contribution in [0.25, 0.3) is 16.6 Å². The number of hydrogen-bond donors (Lipinski definition) is 1. The Morgan fingerprint density at radius 3 is 2.41 bits per heavy atom. The highest BCUT2D eigenvalue weighted by atomic mass is 32.2. The molecule has 1 aromatic carbocycles. The molecule has 154 valence electrons. The van der Waals surface area contributed by atoms with Gasteiger partial charge in [0.25, 0.3) is 0 Å². The lowest BCUT2D eigenvalue weighted by Crippen LogP contribution is -2.48. The van der Waals surface area contributed by atoms with Crippen LogP contribution in [-0.4, -0.2) is 65.0 Å². The van der Waals surface area contributed by atoms with Crippen molar-refractivity contribution < 1.29 is 22.3 Å². The van der Waals surface area contributed by atoms with Crippen LogP contribution in [0, 0.1) is 18.6 Å². The summed E-state index contributed by atoms with van der Waals surface area (Å²) in [6, 6.07) is 3.05. The van der Waals surface area contributed by atoms with Crippen molar-refractivity contribution in [3.05, 3.63) is 41.7 Å². The Kier molecular flexibility index (Phi) is 4.66. The molecule has 0 saturated carbocycles. The number of halogens is 2. The molecule has 0 atom stereocenters. The Hall–Kier alpha value is -2.79. The molecule has 0 unspecified atom stereocenters. The Bertz CT molecular complexity index is 1200. The van der Waals surface area contributed by atoms with E-state index in [-0.39, 0.29) is 11.3 Å². The number of sulfonamides is 1. The fourth-order valence-electron chi connectivity index (χ4n) is 3.42. The minimum Gasteiger partial charge on any atom is -0.503 e. The van der Waals surface area contributed by atoms with E-state index >= 15 is 0 Å². The SMILES string of the molecule is Cc1cc(-n2ncc3cc(N4CCN(S(C)(=O)=O)CC4)ncc32)c(F)c(O)c1F. The van der Waals surface area contributed by atoms with Crippen LogP contribution < -0.4 is 4.90 Å². The molecule has 2 aromatic heterocycles. The second-order valence-electron chi connectivity index (χ2n) is 7.00. The van der Waals surface area contributed by atoms with Gasteiger partial charge in [-0.25, -0.2) is 26.9 Å². The molecule has 1 fully saturated rings. The first kappa shape index (κ1) is 19.5. The van der Waals surface area contributed by atoms with Gasteiger partial charge in [-0.2, -0.15) is 9.40 Å². The van der Waals surface area contributed by atoms with Crippen LogP contribution in [0.2, 0.25) is 0 Å². The third kappa shape index (κ3) is 3.40. The topological polar surface area (TPSA) is 91.6 Å². The first-order valence-electron chi connectivity index (χ1n) is 8.88. The summed E-state index contributed by atoms with van der Waals surface area (Å²) >= 11 is 0. The maximum absolute atomic E-state index is 14.4. The second kappa shape index (κ2) is 6.92. The number of rotatable bonds is 3. The van der Waals surface area contributed by atoms with Gasteiger partial charge in [0.05, 0.1) is 24.2 Å². The van der Waals surface area contributed by atoms with Crippen molar-refractivity contribution in [2.75, 3.05) is 37.3 Å². The number of hydrogen-bond acceptors (Lipinski definition) is 6. The Labute approximate surface area is 166 Å². The monoisotopic (exact) mass is 423 g/mol. The van der Waals surface area contributed by atoms with Crippen LogP contribution in [0.15, 0.2) is 24.5 Å². The van der Waals surface area contributed by atoms with Crippen molar-refractivity contribution in [2.24, 2.45) is 0 Å². The molecule has 29 heavy (non-hydrogen) atoms. The van der Waals surface area contributed by atoms with Crippen molar-refractivity contribution in [1.82, 2.24) is 19.1 Å². The molecule has 0 bridgehead atoms. The molecular weight excluding hydrogens is 404 g/mol. The van der Waals surface area contributed by atoms with Crippen LogP contribution in [0.4, 0.5) is 14.6 Å². The Morgan fingerprint density at radius 2 is 1.76 bits per heavy atom. The van der Waals surface area contributed by atoms with E-state index in [1.165, 1.54) is 40.6 Å². The molecule has 1 aliphatic rings. The van der Waals surface area contributed by atoms with Crippen molar-refractivity contribution in [3.63, 3.8) is 0 Å². The number of phenols is 1. The minimum absolute atomic E-state index is 0.0762.